The van der Waals surface area contributed by atoms with Crippen molar-refractivity contribution in [2.24, 2.45) is 5.16 Å². The highest BCUT2D eigenvalue weighted by atomic mass is 35.5. The number of aromatic amines is 1. The van der Waals surface area contributed by atoms with Gasteiger partial charge in [-0.05, 0) is 56.2 Å². The smallest absolute Gasteiger partial charge is 0.303 e. The maximum atomic E-state index is 13.7. The van der Waals surface area contributed by atoms with Gasteiger partial charge < -0.3 is 14.9 Å². The molecule has 1 unspecified atom stereocenters. The largest absolute Gasteiger partial charge is 0.481 e. The molecular weight excluding hydrogens is 568 g/mol. The van der Waals surface area contributed by atoms with Crippen LogP contribution in [0.25, 0.3) is 27.6 Å². The molecule has 2 N–H and O–H groups in total. The van der Waals surface area contributed by atoms with Crippen LogP contribution in [0.15, 0.2) is 64.5 Å². The third-order valence-electron chi connectivity index (χ3n) is 7.28. The van der Waals surface area contributed by atoms with Crippen molar-refractivity contribution in [1.29, 1.82) is 0 Å². The first-order valence-corrected chi connectivity index (χ1v) is 13.6. The average molecular weight is 592 g/mol. The number of unbranched alkanes of at least 4 members (excludes halogenated alkanes) is 1. The first kappa shape index (κ1) is 27.5. The number of halogens is 3. The molecule has 0 saturated carbocycles. The number of carbonyl (C=O) groups is 1. The van der Waals surface area contributed by atoms with E-state index in [1.165, 1.54) is 4.57 Å². The minimum absolute atomic E-state index is 0.0244. The quantitative estimate of drug-likeness (QED) is 0.212. The molecule has 3 heterocycles. The highest BCUT2D eigenvalue weighted by Gasteiger charge is 2.40. The molecule has 2 aromatic heterocycles. The summed E-state index contributed by atoms with van der Waals surface area (Å²) < 4.78 is 29.0. The van der Waals surface area contributed by atoms with Gasteiger partial charge in [0.05, 0.1) is 33.3 Å². The van der Waals surface area contributed by atoms with Crippen LogP contribution in [0.3, 0.4) is 0 Å². The van der Waals surface area contributed by atoms with Crippen molar-refractivity contribution >= 4 is 45.2 Å². The van der Waals surface area contributed by atoms with E-state index in [-0.39, 0.29) is 17.5 Å². The second-order valence-corrected chi connectivity index (χ2v) is 10.8. The number of aromatic nitrogens is 4. The zero-order valence-corrected chi connectivity index (χ0v) is 23.1. The van der Waals surface area contributed by atoms with Crippen molar-refractivity contribution in [2.45, 2.75) is 44.6 Å². The molecule has 6 rings (SSSR count). The van der Waals surface area contributed by atoms with Gasteiger partial charge in [0.15, 0.2) is 23.1 Å². The lowest BCUT2D eigenvalue weighted by Crippen LogP contribution is -2.25. The van der Waals surface area contributed by atoms with Gasteiger partial charge >= 0.3 is 5.97 Å². The van der Waals surface area contributed by atoms with E-state index in [9.17, 15) is 18.4 Å². The summed E-state index contributed by atoms with van der Waals surface area (Å²) in [7, 11) is 0. The normalized spacial score (nSPS) is 16.6. The van der Waals surface area contributed by atoms with Gasteiger partial charge in [-0.25, -0.2) is 18.7 Å². The van der Waals surface area contributed by atoms with Gasteiger partial charge in [-0.1, -0.05) is 22.8 Å². The lowest BCUT2D eigenvalue weighted by molar-refractivity contribution is -0.137. The van der Waals surface area contributed by atoms with Gasteiger partial charge in [0.25, 0.3) is 5.56 Å². The maximum absolute atomic E-state index is 13.7. The summed E-state index contributed by atoms with van der Waals surface area (Å²) in [5, 5.41) is 14.2. The van der Waals surface area contributed by atoms with E-state index in [1.807, 2.05) is 0 Å². The molecule has 0 amide bonds. The number of carboxylic acid groups (broad SMARTS) is 1. The van der Waals surface area contributed by atoms with E-state index in [2.05, 4.69) is 15.1 Å². The van der Waals surface area contributed by atoms with Crippen LogP contribution in [0.4, 0.5) is 8.78 Å². The van der Waals surface area contributed by atoms with Crippen LogP contribution in [0.1, 0.15) is 49.8 Å². The molecule has 0 bridgehead atoms. The molecule has 9 nitrogen and oxygen atoms in total. The Labute approximate surface area is 242 Å². The first-order valence-electron chi connectivity index (χ1n) is 13.3. The molecule has 0 radical (unpaired) electrons. The molecule has 5 aromatic rings. The molecule has 214 valence electrons. The van der Waals surface area contributed by atoms with Crippen molar-refractivity contribution < 1.29 is 23.5 Å². The molecule has 0 fully saturated rings. The van der Waals surface area contributed by atoms with E-state index < -0.39 is 23.2 Å². The Kier molecular flexibility index (Phi) is 6.97. The Bertz CT molecular complexity index is 1920. The molecule has 1 aliphatic rings. The number of aliphatic carboxylic acids is 1. The van der Waals surface area contributed by atoms with Crippen molar-refractivity contribution in [3.05, 3.63) is 98.8 Å². The molecule has 0 spiro atoms. The lowest BCUT2D eigenvalue weighted by Gasteiger charge is -2.18. The molecule has 42 heavy (non-hydrogen) atoms. The minimum Gasteiger partial charge on any atom is -0.481 e. The van der Waals surface area contributed by atoms with Crippen LogP contribution in [0, 0.1) is 11.6 Å². The second-order valence-electron chi connectivity index (χ2n) is 10.4. The van der Waals surface area contributed by atoms with Crippen molar-refractivity contribution in [1.82, 2.24) is 19.5 Å². The summed E-state index contributed by atoms with van der Waals surface area (Å²) in [4.78, 5) is 42.7. The summed E-state index contributed by atoms with van der Waals surface area (Å²) in [6.07, 6.45) is 1.68. The zero-order valence-electron chi connectivity index (χ0n) is 22.3. The number of carboxylic acids is 1. The SMILES string of the molecule is CC1(c2nc3cc(F)c(F)cc3[nH]2)CC(c2ccc3c(=O)n(-c4ccc(Cl)cc4)c(CCCCC(=O)O)nc3c2)=NO1. The number of hydrogen-bond acceptors (Lipinski definition) is 6. The number of imidazole rings is 1. The monoisotopic (exact) mass is 591 g/mol. The van der Waals surface area contributed by atoms with Gasteiger partial charge in [0.1, 0.15) is 5.82 Å². The van der Waals surface area contributed by atoms with Crippen molar-refractivity contribution in [3.63, 3.8) is 0 Å². The van der Waals surface area contributed by atoms with Crippen LogP contribution in [0.2, 0.25) is 5.02 Å². The second kappa shape index (κ2) is 10.6. The fraction of sp³-hybridized carbons (Fsp3) is 0.233. The van der Waals surface area contributed by atoms with Crippen LogP contribution < -0.4 is 5.56 Å². The number of benzene rings is 3. The summed E-state index contributed by atoms with van der Waals surface area (Å²) in [6.45, 7) is 1.77. The van der Waals surface area contributed by atoms with E-state index in [0.717, 1.165) is 12.1 Å². The molecule has 12 heteroatoms. The van der Waals surface area contributed by atoms with Crippen LogP contribution in [0.5, 0.6) is 0 Å². The average Bonchev–Trinajstić information content (AvgIpc) is 3.56. The molecule has 1 atom stereocenters. The molecule has 1 aliphatic heterocycles. The summed E-state index contributed by atoms with van der Waals surface area (Å²) in [5.74, 6) is -1.99. The summed E-state index contributed by atoms with van der Waals surface area (Å²) >= 11 is 6.06. The van der Waals surface area contributed by atoms with Crippen LogP contribution >= 0.6 is 11.6 Å². The topological polar surface area (TPSA) is 122 Å². The lowest BCUT2D eigenvalue weighted by atomic mass is 9.95. The van der Waals surface area contributed by atoms with Crippen LogP contribution in [-0.2, 0) is 21.7 Å². The van der Waals surface area contributed by atoms with E-state index >= 15 is 0 Å². The fourth-order valence-corrected chi connectivity index (χ4v) is 5.20. The van der Waals surface area contributed by atoms with E-state index in [1.54, 1.807) is 49.4 Å². The number of nitrogens with one attached hydrogen (secondary N) is 1. The standard InChI is InChI=1S/C30H24ClF2N5O4/c1-30(29-35-23-13-20(32)21(33)14-24(23)36-29)15-25(37-42-30)16-6-11-19-22(12-16)34-26(4-2-3-5-27(39)40)38(28(19)41)18-9-7-17(31)8-10-18/h6-14H,2-5,15H2,1H3,(H,35,36)(H,39,40). The van der Waals surface area contributed by atoms with Crippen molar-refractivity contribution in [2.75, 3.05) is 0 Å². The van der Waals surface area contributed by atoms with Gasteiger partial charge in [-0.2, -0.15) is 0 Å². The van der Waals surface area contributed by atoms with Gasteiger partial charge in [-0.15, -0.1) is 0 Å². The first-order chi connectivity index (χ1) is 20.1. The third-order valence-corrected chi connectivity index (χ3v) is 7.54. The number of oxime groups is 1. The minimum atomic E-state index is -1.02. The number of hydrogen-bond donors (Lipinski definition) is 2. The molecule has 3 aromatic carbocycles. The molecule has 0 aliphatic carbocycles. The van der Waals surface area contributed by atoms with E-state index in [0.29, 0.717) is 75.7 Å². The Morgan fingerprint density at radius 2 is 1.83 bits per heavy atom. The van der Waals surface area contributed by atoms with Crippen molar-refractivity contribution in [3.8, 4) is 5.69 Å². The predicted molar refractivity (Wildman–Crippen MR) is 153 cm³/mol. The fourth-order valence-electron chi connectivity index (χ4n) is 5.07. The van der Waals surface area contributed by atoms with Gasteiger partial charge in [0.2, 0.25) is 0 Å². The molecule has 0 saturated heterocycles. The molecular formula is C30H24ClF2N5O4. The highest BCUT2D eigenvalue weighted by molar-refractivity contribution is 6.30. The summed E-state index contributed by atoms with van der Waals surface area (Å²) in [6, 6.07) is 14.1. The summed E-state index contributed by atoms with van der Waals surface area (Å²) in [5.41, 5.74) is 1.66. The third kappa shape index (κ3) is 5.11. The predicted octanol–water partition coefficient (Wildman–Crippen LogP) is 6.03. The van der Waals surface area contributed by atoms with Crippen LogP contribution in [-0.4, -0.2) is 36.3 Å². The number of fused-ring (bicyclic) bond motifs is 2. The Hall–Kier alpha value is -4.64. The number of H-pyrrole nitrogens is 1. The highest BCUT2D eigenvalue weighted by Crippen LogP contribution is 2.36. The van der Waals surface area contributed by atoms with Gasteiger partial charge in [-0.3, -0.25) is 14.2 Å². The Morgan fingerprint density at radius 3 is 2.60 bits per heavy atom. The number of rotatable bonds is 8. The Morgan fingerprint density at radius 1 is 1.07 bits per heavy atom. The van der Waals surface area contributed by atoms with Gasteiger partial charge in [0, 0.05) is 42.0 Å². The Balaban J connectivity index is 1.34. The van der Waals surface area contributed by atoms with E-state index in [4.69, 9.17) is 26.5 Å². The zero-order chi connectivity index (χ0) is 29.6. The number of nitrogens with zero attached hydrogens (tertiary/aromatic N) is 4. The number of aryl methyl sites for hydroxylation is 1. The maximum Gasteiger partial charge on any atom is 0.303 e.